The number of aliphatic hydroxyl groups is 2. The van der Waals surface area contributed by atoms with Crippen molar-refractivity contribution in [2.24, 2.45) is 0 Å². The first kappa shape index (κ1) is 43.1. The van der Waals surface area contributed by atoms with Gasteiger partial charge in [0.25, 0.3) is 0 Å². The van der Waals surface area contributed by atoms with Crippen molar-refractivity contribution in [3.05, 3.63) is 15.3 Å². The summed E-state index contributed by atoms with van der Waals surface area (Å²) in [6.07, 6.45) is -4.88. The van der Waals surface area contributed by atoms with E-state index in [0.29, 0.717) is 0 Å². The summed E-state index contributed by atoms with van der Waals surface area (Å²) in [5.41, 5.74) is 0. The molecule has 0 aliphatic heterocycles. The van der Waals surface area contributed by atoms with Crippen LogP contribution in [-0.4, -0.2) is 39.4 Å². The molecule has 0 rings (SSSR count). The Balaban J connectivity index is -0.0000000171. The third-order valence-electron chi connectivity index (χ3n) is 0.782. The van der Waals surface area contributed by atoms with Gasteiger partial charge in [0, 0.05) is 0 Å². The van der Waals surface area contributed by atoms with Crippen molar-refractivity contribution < 1.29 is 186 Å². The number of carboxylic acids is 2. The van der Waals surface area contributed by atoms with E-state index in [0.717, 1.165) is 0 Å². The van der Waals surface area contributed by atoms with Crippen LogP contribution in [0.3, 0.4) is 0 Å². The van der Waals surface area contributed by atoms with Gasteiger partial charge in [0.05, 0.1) is 17.0 Å². The van der Waals surface area contributed by atoms with Gasteiger partial charge in [-0.2, -0.15) is 0 Å². The maximum atomic E-state index is 9.63. The van der Waals surface area contributed by atoms with Crippen LogP contribution in [0.25, 0.3) is 0 Å². The Morgan fingerprint density at radius 1 is 0.947 bits per heavy atom. The Kier molecular flexibility index (Phi) is 58.6. The summed E-state index contributed by atoms with van der Waals surface area (Å²) in [5, 5.41) is 50.5. The zero-order valence-electron chi connectivity index (χ0n) is 11.3. The summed E-state index contributed by atoms with van der Waals surface area (Å²) in [5.74, 6) is -4.12. The van der Waals surface area contributed by atoms with Gasteiger partial charge in [-0.25, -0.2) is 0 Å². The van der Waals surface area contributed by atoms with Crippen molar-refractivity contribution >= 4 is 11.9 Å². The molecule has 19 heavy (non-hydrogen) atoms. The molecule has 0 aromatic heterocycles. The van der Waals surface area contributed by atoms with Gasteiger partial charge in [-0.1, -0.05) is 0 Å². The van der Waals surface area contributed by atoms with Crippen LogP contribution in [0, 0.1) is 15.3 Å². The second-order valence-electron chi connectivity index (χ2n) is 1.75. The molecule has 0 aromatic carbocycles. The van der Waals surface area contributed by atoms with Gasteiger partial charge in [0.2, 0.25) is 0 Å². The molecular weight excluding hydrogens is 592 g/mol. The molecular formula is C4H6Ag3KNNaO9. The maximum absolute atomic E-state index is 9.63. The quantitative estimate of drug-likeness (QED) is 0.181. The third-order valence-corrected chi connectivity index (χ3v) is 0.782. The normalized spacial score (nSPS) is 9.58. The first-order valence-electron chi connectivity index (χ1n) is 2.79. The average Bonchev–Trinajstić information content (AvgIpc) is 2.00. The van der Waals surface area contributed by atoms with E-state index < -0.39 is 29.2 Å². The van der Waals surface area contributed by atoms with Crippen molar-refractivity contribution in [1.29, 1.82) is 0 Å². The summed E-state index contributed by atoms with van der Waals surface area (Å²) in [6, 6.07) is 0. The number of hydrogen-bond acceptors (Lipinski definition) is 9. The molecule has 2 unspecified atom stereocenters. The summed E-state index contributed by atoms with van der Waals surface area (Å²) in [7, 11) is 0. The summed E-state index contributed by atoms with van der Waals surface area (Å²) in [6.45, 7) is 0. The Labute approximate surface area is 221 Å². The van der Waals surface area contributed by atoms with E-state index in [4.69, 9.17) is 25.5 Å². The zero-order valence-corrected chi connectivity index (χ0v) is 18.8. The molecule has 0 fully saturated rings. The predicted molar refractivity (Wildman–Crippen MR) is 34.6 cm³/mol. The molecule has 0 heterocycles. The molecule has 0 bridgehead atoms. The van der Waals surface area contributed by atoms with Crippen molar-refractivity contribution in [3.63, 3.8) is 0 Å². The Hall–Kier alpha value is 2.92. The molecule has 15 heteroatoms. The van der Waals surface area contributed by atoms with Crippen molar-refractivity contribution in [2.75, 3.05) is 0 Å². The van der Waals surface area contributed by atoms with Gasteiger partial charge < -0.3 is 48.2 Å². The van der Waals surface area contributed by atoms with Crippen LogP contribution in [0.5, 0.6) is 0 Å². The molecule has 0 aliphatic carbocycles. The number of hydrogen-bond donors (Lipinski definition) is 2. The summed E-state index contributed by atoms with van der Waals surface area (Å²) < 4.78 is 0. The predicted octanol–water partition coefficient (Wildman–Crippen LogP) is -10.8. The molecule has 2 atom stereocenters. The van der Waals surface area contributed by atoms with Gasteiger partial charge >= 0.3 is 148 Å². The molecule has 116 valence electrons. The largest absolute Gasteiger partial charge is 1.00 e. The molecule has 0 spiro atoms. The Bertz CT molecular complexity index is 235. The Morgan fingerprint density at radius 3 is 1.11 bits per heavy atom. The first-order valence-corrected chi connectivity index (χ1v) is 2.79. The van der Waals surface area contributed by atoms with Crippen molar-refractivity contribution in [1.82, 2.24) is 0 Å². The maximum Gasteiger partial charge on any atom is 1.00 e. The van der Waals surface area contributed by atoms with Crippen LogP contribution < -0.4 is 91.2 Å². The topological polar surface area (TPSA) is 187 Å². The van der Waals surface area contributed by atoms with Crippen LogP contribution in [0.15, 0.2) is 0 Å². The van der Waals surface area contributed by atoms with Gasteiger partial charge in [-0.3, -0.25) is 0 Å². The SMILES string of the molecule is O=C([O-])C(O)C(O)C(=O)[O-].O=[N+]([O-])[O-].[Ag+].[Ag+].[Ag+].[H-].[H-].[K+].[Na+]. The minimum absolute atomic E-state index is 0. The fourth-order valence-corrected chi connectivity index (χ4v) is 0.258. The van der Waals surface area contributed by atoms with Crippen molar-refractivity contribution in [2.45, 2.75) is 12.2 Å². The van der Waals surface area contributed by atoms with Gasteiger partial charge in [-0.05, 0) is 0 Å². The summed E-state index contributed by atoms with van der Waals surface area (Å²) >= 11 is 0. The molecule has 10 nitrogen and oxygen atoms in total. The molecule has 0 aliphatic rings. The van der Waals surface area contributed by atoms with Gasteiger partial charge in [-0.15, -0.1) is 0 Å². The third kappa shape index (κ3) is 33.6. The Morgan fingerprint density at radius 2 is 1.05 bits per heavy atom. The number of nitrogens with zero attached hydrogens (tertiary/aromatic N) is 1. The van der Waals surface area contributed by atoms with E-state index in [1.165, 1.54) is 0 Å². The second-order valence-corrected chi connectivity index (χ2v) is 1.75. The minimum atomic E-state index is -2.44. The molecule has 2 N–H and O–H groups in total. The average molecular weight is 598 g/mol. The number of aliphatic hydroxyl groups excluding tert-OH is 2. The molecule has 0 aromatic rings. The fourth-order valence-electron chi connectivity index (χ4n) is 0.258. The van der Waals surface area contributed by atoms with E-state index in [9.17, 15) is 19.8 Å². The number of carboxylic acid groups (broad SMARTS) is 2. The minimum Gasteiger partial charge on any atom is -1.00 e. The van der Waals surface area contributed by atoms with E-state index >= 15 is 0 Å². The van der Waals surface area contributed by atoms with Crippen LogP contribution in [-0.2, 0) is 76.7 Å². The standard InChI is InChI=1S/C4H6O6.3Ag.K.NO3.Na.2H/c5-1(3(7)8)2(6)4(9)10;;;;;2-1(3)4;;;/h1-2,5-6H,(H,7,8)(H,9,10);;;;;;;;/q;4*+1;-1;+1;2*-1/p-2. The summed E-state index contributed by atoms with van der Waals surface area (Å²) in [4.78, 5) is 27.5. The van der Waals surface area contributed by atoms with Crippen LogP contribution in [0.1, 0.15) is 2.85 Å². The monoisotopic (exact) mass is 595 g/mol. The van der Waals surface area contributed by atoms with Gasteiger partial charge in [0.1, 0.15) is 12.2 Å². The second kappa shape index (κ2) is 25.8. The fraction of sp³-hybridized carbons (Fsp3) is 0.500. The molecule has 0 amide bonds. The first-order chi connectivity index (χ1) is 6.20. The van der Waals surface area contributed by atoms with Crippen molar-refractivity contribution in [3.8, 4) is 0 Å². The number of aliphatic carboxylic acids is 2. The molecule has 0 saturated carbocycles. The van der Waals surface area contributed by atoms with E-state index in [1.54, 1.807) is 0 Å². The van der Waals surface area contributed by atoms with Crippen LogP contribution in [0.2, 0.25) is 0 Å². The number of carbonyl (C=O) groups is 2. The smallest absolute Gasteiger partial charge is 1.00 e. The van der Waals surface area contributed by atoms with E-state index in [2.05, 4.69) is 0 Å². The molecule has 0 radical (unpaired) electrons. The van der Waals surface area contributed by atoms with E-state index in [-0.39, 0.29) is 151 Å². The van der Waals surface area contributed by atoms with Crippen LogP contribution in [0.4, 0.5) is 0 Å². The van der Waals surface area contributed by atoms with Crippen LogP contribution >= 0.6 is 0 Å². The zero-order chi connectivity index (χ0) is 11.9. The number of rotatable bonds is 3. The van der Waals surface area contributed by atoms with Gasteiger partial charge in [0.15, 0.2) is 0 Å². The van der Waals surface area contributed by atoms with E-state index in [1.807, 2.05) is 0 Å². The molecule has 0 saturated heterocycles. The number of carbonyl (C=O) groups excluding carboxylic acids is 2.